The average molecular weight is 496 g/mol. The van der Waals surface area contributed by atoms with E-state index >= 15 is 0 Å². The lowest BCUT2D eigenvalue weighted by molar-refractivity contribution is -0.172. The van der Waals surface area contributed by atoms with Gasteiger partial charge in [-0.1, -0.05) is 49.7 Å². The van der Waals surface area contributed by atoms with E-state index in [9.17, 15) is 4.79 Å². The first-order valence-corrected chi connectivity index (χ1v) is 12.7. The van der Waals surface area contributed by atoms with Gasteiger partial charge in [0.1, 0.15) is 18.0 Å². The summed E-state index contributed by atoms with van der Waals surface area (Å²) in [5, 5.41) is 0. The van der Waals surface area contributed by atoms with Gasteiger partial charge >= 0.3 is 5.97 Å². The Balaban J connectivity index is 1.59. The van der Waals surface area contributed by atoms with Crippen LogP contribution in [0, 0.1) is 12.8 Å². The summed E-state index contributed by atoms with van der Waals surface area (Å²) in [6.45, 7) is 4.45. The largest absolute Gasteiger partial charge is 0.457 e. The smallest absolute Gasteiger partial charge is 0.332 e. The van der Waals surface area contributed by atoms with Gasteiger partial charge in [-0.25, -0.2) is 9.78 Å². The fraction of sp³-hybridized carbons (Fsp3) is 0.533. The summed E-state index contributed by atoms with van der Waals surface area (Å²) in [5.74, 6) is -0.0312. The summed E-state index contributed by atoms with van der Waals surface area (Å²) >= 11 is 0. The predicted octanol–water partition coefficient (Wildman–Crippen LogP) is 5.44. The average Bonchev–Trinajstić information content (AvgIpc) is 3.29. The second-order valence-corrected chi connectivity index (χ2v) is 10.2. The van der Waals surface area contributed by atoms with Crippen molar-refractivity contribution in [1.29, 1.82) is 0 Å². The van der Waals surface area contributed by atoms with Gasteiger partial charge in [0.25, 0.3) is 0 Å². The molecule has 1 aliphatic carbocycles. The van der Waals surface area contributed by atoms with Crippen LogP contribution in [0.25, 0.3) is 11.0 Å². The number of fused-ring (bicyclic) bond motifs is 2. The highest BCUT2D eigenvalue weighted by Crippen LogP contribution is 2.48. The number of aromatic amines is 1. The summed E-state index contributed by atoms with van der Waals surface area (Å²) < 4.78 is 46.8. The van der Waals surface area contributed by atoms with Gasteiger partial charge in [-0.05, 0) is 68.9 Å². The number of carbonyl (C=O) groups is 1. The Morgan fingerprint density at radius 2 is 2.14 bits per heavy atom. The summed E-state index contributed by atoms with van der Waals surface area (Å²) in [4.78, 5) is 22.3. The Morgan fingerprint density at radius 1 is 1.33 bits per heavy atom. The Hall–Kier alpha value is -2.70. The number of hydrogen-bond donors (Lipinski definition) is 1. The molecular weight excluding hydrogens is 450 g/mol. The molecule has 1 aromatic heterocycles. The van der Waals surface area contributed by atoms with Crippen LogP contribution in [-0.2, 0) is 27.1 Å². The summed E-state index contributed by atoms with van der Waals surface area (Å²) in [6.07, 6.45) is -0.803. The molecule has 0 bridgehead atoms. The molecule has 3 aromatic rings. The van der Waals surface area contributed by atoms with Crippen LogP contribution in [0.15, 0.2) is 42.5 Å². The zero-order valence-electron chi connectivity index (χ0n) is 26.1. The number of nitrogens with zero attached hydrogens (tertiary/aromatic N) is 2. The maximum absolute atomic E-state index is 12.9. The molecule has 194 valence electrons. The molecule has 0 unspecified atom stereocenters. The van der Waals surface area contributed by atoms with Crippen LogP contribution in [0.3, 0.4) is 0 Å². The molecule has 4 rings (SSSR count). The topological polar surface area (TPSA) is 67.5 Å². The minimum Gasteiger partial charge on any atom is -0.457 e. The van der Waals surface area contributed by atoms with Gasteiger partial charge in [0.15, 0.2) is 0 Å². The molecule has 1 aliphatic rings. The van der Waals surface area contributed by atoms with Crippen molar-refractivity contribution in [2.45, 2.75) is 64.3 Å². The zero-order valence-corrected chi connectivity index (χ0v) is 22.1. The second kappa shape index (κ2) is 11.6. The highest BCUT2D eigenvalue weighted by molar-refractivity contribution is 5.74. The number of rotatable bonds is 11. The third-order valence-corrected chi connectivity index (χ3v) is 6.99. The van der Waals surface area contributed by atoms with Crippen LogP contribution in [0.5, 0.6) is 0 Å². The minimum atomic E-state index is -1.72. The predicted molar refractivity (Wildman–Crippen MR) is 144 cm³/mol. The van der Waals surface area contributed by atoms with Crippen molar-refractivity contribution in [1.82, 2.24) is 14.9 Å². The summed E-state index contributed by atoms with van der Waals surface area (Å²) in [5.41, 5.74) is 3.07. The maximum atomic E-state index is 12.9. The SMILES string of the molecule is [2H]C1([2H])C[C@@](CCN(C)C([2H])([2H])CCc2nc3ccccc3[nH]2)(OC(=O)COC)[C@@H](C(C)C)c2ccc(C)cc21. The molecule has 1 N–H and O–H groups in total. The van der Waals surface area contributed by atoms with E-state index in [0.717, 1.165) is 28.0 Å². The third kappa shape index (κ3) is 5.98. The Morgan fingerprint density at radius 3 is 2.89 bits per heavy atom. The van der Waals surface area contributed by atoms with Gasteiger partial charge in [-0.3, -0.25) is 0 Å². The number of methoxy groups -OCH3 is 1. The van der Waals surface area contributed by atoms with Crippen LogP contribution in [-0.4, -0.2) is 60.2 Å². The minimum absolute atomic E-state index is 0.00935. The van der Waals surface area contributed by atoms with Crippen molar-refractivity contribution in [3.8, 4) is 0 Å². The van der Waals surface area contributed by atoms with Crippen LogP contribution < -0.4 is 0 Å². The van der Waals surface area contributed by atoms with Gasteiger partial charge < -0.3 is 19.4 Å². The molecular formula is C30H41N3O3. The molecule has 0 amide bonds. The van der Waals surface area contributed by atoms with Crippen molar-refractivity contribution in [3.05, 3.63) is 65.0 Å². The quantitative estimate of drug-likeness (QED) is 0.359. The first-order valence-electron chi connectivity index (χ1n) is 14.7. The zero-order chi connectivity index (χ0) is 29.3. The van der Waals surface area contributed by atoms with Crippen molar-refractivity contribution in [2.24, 2.45) is 5.92 Å². The molecule has 1 heterocycles. The van der Waals surface area contributed by atoms with E-state index in [-0.39, 0.29) is 44.2 Å². The van der Waals surface area contributed by atoms with E-state index in [2.05, 4.69) is 23.8 Å². The van der Waals surface area contributed by atoms with Crippen LogP contribution in [0.1, 0.15) is 67.0 Å². The number of nitrogens with one attached hydrogen (secondary N) is 1. The van der Waals surface area contributed by atoms with E-state index in [0.29, 0.717) is 12.0 Å². The Labute approximate surface area is 221 Å². The second-order valence-electron chi connectivity index (χ2n) is 10.2. The number of carbonyl (C=O) groups excluding carboxylic acids is 1. The van der Waals surface area contributed by atoms with E-state index in [1.54, 1.807) is 11.9 Å². The molecule has 0 radical (unpaired) electrons. The molecule has 36 heavy (non-hydrogen) atoms. The molecule has 0 saturated carbocycles. The third-order valence-electron chi connectivity index (χ3n) is 6.99. The fourth-order valence-electron chi connectivity index (χ4n) is 5.39. The lowest BCUT2D eigenvalue weighted by atomic mass is 9.65. The van der Waals surface area contributed by atoms with Crippen molar-refractivity contribution in [2.75, 3.05) is 33.8 Å². The standard InChI is InChI=1S/C30H41N3O3/c1-21(2)29-24-13-12-22(3)19-23(24)14-15-30(29,36-28(34)20-35-5)16-18-33(4)17-8-11-27-31-25-9-6-7-10-26(25)32-27/h6-7,9-10,12-13,19,21,29H,8,11,14-18,20H2,1-5H3,(H,31,32)/t29-,30-/m0/s1/i14D2,17D2. The van der Waals surface area contributed by atoms with Crippen LogP contribution in [0.2, 0.25) is 0 Å². The van der Waals surface area contributed by atoms with Gasteiger partial charge in [0, 0.05) is 37.9 Å². The van der Waals surface area contributed by atoms with E-state index in [1.807, 2.05) is 49.4 Å². The summed E-state index contributed by atoms with van der Waals surface area (Å²) in [6, 6.07) is 13.6. The number of H-pyrrole nitrogens is 1. The lowest BCUT2D eigenvalue weighted by Gasteiger charge is -2.47. The number of aromatic nitrogens is 2. The highest BCUT2D eigenvalue weighted by Gasteiger charge is 2.47. The van der Waals surface area contributed by atoms with Gasteiger partial charge in [0.05, 0.1) is 11.0 Å². The number of aryl methyl sites for hydroxylation is 3. The molecule has 2 aromatic carbocycles. The molecule has 0 spiro atoms. The molecule has 0 aliphatic heterocycles. The van der Waals surface area contributed by atoms with Crippen molar-refractivity contribution < 1.29 is 19.8 Å². The molecule has 0 fully saturated rings. The van der Waals surface area contributed by atoms with E-state index < -0.39 is 24.4 Å². The van der Waals surface area contributed by atoms with Crippen LogP contribution in [0.4, 0.5) is 0 Å². The monoisotopic (exact) mass is 495 g/mol. The Bertz CT molecular complexity index is 1310. The lowest BCUT2D eigenvalue weighted by Crippen LogP contribution is -2.49. The van der Waals surface area contributed by atoms with Crippen molar-refractivity contribution >= 4 is 17.0 Å². The number of esters is 1. The normalized spacial score (nSPS) is 23.1. The maximum Gasteiger partial charge on any atom is 0.332 e. The molecule has 6 nitrogen and oxygen atoms in total. The number of ether oxygens (including phenoxy) is 2. The van der Waals surface area contributed by atoms with E-state index in [4.69, 9.17) is 15.0 Å². The number of imidazole rings is 1. The highest BCUT2D eigenvalue weighted by atomic mass is 16.6. The van der Waals surface area contributed by atoms with E-state index in [1.165, 1.54) is 7.11 Å². The first-order chi connectivity index (χ1) is 18.8. The fourth-order valence-corrected chi connectivity index (χ4v) is 5.39. The number of para-hydroxylation sites is 2. The molecule has 6 heteroatoms. The molecule has 0 saturated heterocycles. The van der Waals surface area contributed by atoms with Gasteiger partial charge in [-0.15, -0.1) is 0 Å². The Kier molecular flexibility index (Phi) is 6.87. The van der Waals surface area contributed by atoms with Gasteiger partial charge in [0.2, 0.25) is 0 Å². The summed E-state index contributed by atoms with van der Waals surface area (Å²) in [7, 11) is 3.15. The number of hydrogen-bond acceptors (Lipinski definition) is 5. The van der Waals surface area contributed by atoms with Gasteiger partial charge in [-0.2, -0.15) is 0 Å². The van der Waals surface area contributed by atoms with Crippen LogP contribution >= 0.6 is 0 Å². The first kappa shape index (κ1) is 21.4. The number of benzene rings is 2. The molecule has 2 atom stereocenters. The van der Waals surface area contributed by atoms with Crippen molar-refractivity contribution in [3.63, 3.8) is 0 Å².